The Morgan fingerprint density at radius 2 is 2.31 bits per heavy atom. The highest BCUT2D eigenvalue weighted by Gasteiger charge is 2.23. The lowest BCUT2D eigenvalue weighted by Gasteiger charge is -2.11. The molecule has 0 saturated heterocycles. The van der Waals surface area contributed by atoms with E-state index < -0.39 is 0 Å². The van der Waals surface area contributed by atoms with Crippen molar-refractivity contribution >= 4 is 0 Å². The molecule has 0 aliphatic carbocycles. The van der Waals surface area contributed by atoms with E-state index >= 15 is 0 Å². The summed E-state index contributed by atoms with van der Waals surface area (Å²) in [7, 11) is 1.71. The molecule has 1 atom stereocenters. The van der Waals surface area contributed by atoms with Crippen molar-refractivity contribution in [3.05, 3.63) is 23.3 Å². The highest BCUT2D eigenvalue weighted by atomic mass is 16.5. The molecule has 2 rings (SSSR count). The molecule has 1 unspecified atom stereocenters. The molecule has 0 spiro atoms. The lowest BCUT2D eigenvalue weighted by molar-refractivity contribution is 0.252. The lowest BCUT2D eigenvalue weighted by Crippen LogP contribution is -2.13. The van der Waals surface area contributed by atoms with Crippen LogP contribution in [0.5, 0.6) is 11.5 Å². The molecule has 0 radical (unpaired) electrons. The number of ether oxygens (including phenoxy) is 2. The van der Waals surface area contributed by atoms with E-state index in [1.165, 1.54) is 11.1 Å². The molecule has 1 aliphatic heterocycles. The van der Waals surface area contributed by atoms with Crippen LogP contribution in [0.2, 0.25) is 0 Å². The Hall–Kier alpha value is -1.22. The molecule has 3 heteroatoms. The summed E-state index contributed by atoms with van der Waals surface area (Å²) in [5, 5.41) is 3.32. The molecule has 0 aromatic heterocycles. The van der Waals surface area contributed by atoms with Gasteiger partial charge in [0.2, 0.25) is 0 Å². The molecular weight excluding hydrogens is 202 g/mol. The molecule has 16 heavy (non-hydrogen) atoms. The summed E-state index contributed by atoms with van der Waals surface area (Å²) in [5.74, 6) is 1.97. The van der Waals surface area contributed by atoms with Crippen LogP contribution in [0.15, 0.2) is 12.1 Å². The number of nitrogens with one attached hydrogen (secondary N) is 1. The SMILES string of the molecule is CCNCc1cc(OC)cc2c1OC(C)C2. The summed E-state index contributed by atoms with van der Waals surface area (Å²) in [6.45, 7) is 6.00. The maximum absolute atomic E-state index is 5.84. The number of hydrogen-bond donors (Lipinski definition) is 1. The number of rotatable bonds is 4. The van der Waals surface area contributed by atoms with Gasteiger partial charge < -0.3 is 14.8 Å². The van der Waals surface area contributed by atoms with Gasteiger partial charge in [-0.25, -0.2) is 0 Å². The third kappa shape index (κ3) is 2.14. The highest BCUT2D eigenvalue weighted by Crippen LogP contribution is 2.36. The van der Waals surface area contributed by atoms with Crippen molar-refractivity contribution in [1.82, 2.24) is 5.32 Å². The van der Waals surface area contributed by atoms with Crippen LogP contribution in [0.25, 0.3) is 0 Å². The number of methoxy groups -OCH3 is 1. The Labute approximate surface area is 96.8 Å². The molecule has 1 aromatic rings. The largest absolute Gasteiger partial charge is 0.497 e. The van der Waals surface area contributed by atoms with E-state index in [-0.39, 0.29) is 6.10 Å². The zero-order valence-electron chi connectivity index (χ0n) is 10.2. The van der Waals surface area contributed by atoms with Crippen molar-refractivity contribution in [2.45, 2.75) is 32.9 Å². The Balaban J connectivity index is 2.31. The standard InChI is InChI=1S/C13H19NO2/c1-4-14-8-11-7-12(15-3)6-10-5-9(2)16-13(10)11/h6-7,9,14H,4-5,8H2,1-3H3. The van der Waals surface area contributed by atoms with Gasteiger partial charge in [0.1, 0.15) is 17.6 Å². The van der Waals surface area contributed by atoms with Crippen molar-refractivity contribution in [2.24, 2.45) is 0 Å². The van der Waals surface area contributed by atoms with Crippen LogP contribution in [0.4, 0.5) is 0 Å². The topological polar surface area (TPSA) is 30.5 Å². The van der Waals surface area contributed by atoms with E-state index in [0.29, 0.717) is 0 Å². The second-order valence-electron chi connectivity index (χ2n) is 4.19. The highest BCUT2D eigenvalue weighted by molar-refractivity contribution is 5.49. The van der Waals surface area contributed by atoms with E-state index in [1.54, 1.807) is 7.11 Å². The van der Waals surface area contributed by atoms with Gasteiger partial charge in [-0.05, 0) is 25.6 Å². The summed E-state index contributed by atoms with van der Waals surface area (Å²) in [6, 6.07) is 4.13. The zero-order valence-corrected chi connectivity index (χ0v) is 10.2. The van der Waals surface area contributed by atoms with Gasteiger partial charge in [-0.15, -0.1) is 0 Å². The van der Waals surface area contributed by atoms with Gasteiger partial charge in [0.05, 0.1) is 7.11 Å². The van der Waals surface area contributed by atoms with Crippen molar-refractivity contribution in [3.8, 4) is 11.5 Å². The Kier molecular flexibility index (Phi) is 3.34. The van der Waals surface area contributed by atoms with Crippen LogP contribution < -0.4 is 14.8 Å². The van der Waals surface area contributed by atoms with Crippen molar-refractivity contribution in [3.63, 3.8) is 0 Å². The molecule has 0 bridgehead atoms. The molecule has 0 saturated carbocycles. The Bertz CT molecular complexity index is 376. The van der Waals surface area contributed by atoms with Gasteiger partial charge in [-0.3, -0.25) is 0 Å². The first-order valence-corrected chi connectivity index (χ1v) is 5.81. The van der Waals surface area contributed by atoms with Gasteiger partial charge in [-0.2, -0.15) is 0 Å². The molecular formula is C13H19NO2. The summed E-state index contributed by atoms with van der Waals surface area (Å²) in [4.78, 5) is 0. The summed E-state index contributed by atoms with van der Waals surface area (Å²) < 4.78 is 11.2. The molecule has 1 heterocycles. The van der Waals surface area contributed by atoms with Crippen molar-refractivity contribution < 1.29 is 9.47 Å². The second-order valence-corrected chi connectivity index (χ2v) is 4.19. The monoisotopic (exact) mass is 221 g/mol. The Morgan fingerprint density at radius 1 is 1.50 bits per heavy atom. The first-order valence-electron chi connectivity index (χ1n) is 5.81. The molecule has 1 N–H and O–H groups in total. The predicted molar refractivity (Wildman–Crippen MR) is 64.2 cm³/mol. The fraction of sp³-hybridized carbons (Fsp3) is 0.538. The third-order valence-electron chi connectivity index (χ3n) is 2.84. The average Bonchev–Trinajstić information content (AvgIpc) is 2.65. The van der Waals surface area contributed by atoms with Crippen LogP contribution in [-0.2, 0) is 13.0 Å². The van der Waals surface area contributed by atoms with Crippen LogP contribution in [0, 0.1) is 0 Å². The molecule has 3 nitrogen and oxygen atoms in total. The minimum Gasteiger partial charge on any atom is -0.497 e. The van der Waals surface area contributed by atoms with E-state index in [0.717, 1.165) is 31.0 Å². The van der Waals surface area contributed by atoms with Gasteiger partial charge in [-0.1, -0.05) is 6.92 Å². The molecule has 0 fully saturated rings. The van der Waals surface area contributed by atoms with Crippen molar-refractivity contribution in [1.29, 1.82) is 0 Å². The molecule has 88 valence electrons. The van der Waals surface area contributed by atoms with Gasteiger partial charge >= 0.3 is 0 Å². The quantitative estimate of drug-likeness (QED) is 0.845. The number of benzene rings is 1. The first-order chi connectivity index (χ1) is 7.74. The third-order valence-corrected chi connectivity index (χ3v) is 2.84. The van der Waals surface area contributed by atoms with E-state index in [4.69, 9.17) is 9.47 Å². The number of fused-ring (bicyclic) bond motifs is 1. The minimum atomic E-state index is 0.280. The van der Waals surface area contributed by atoms with Gasteiger partial charge in [0.25, 0.3) is 0 Å². The molecule has 1 aromatic carbocycles. The zero-order chi connectivity index (χ0) is 11.5. The van der Waals surface area contributed by atoms with Crippen LogP contribution in [0.3, 0.4) is 0 Å². The van der Waals surface area contributed by atoms with Crippen LogP contribution in [-0.4, -0.2) is 19.8 Å². The lowest BCUT2D eigenvalue weighted by atomic mass is 10.1. The van der Waals surface area contributed by atoms with E-state index in [9.17, 15) is 0 Å². The van der Waals surface area contributed by atoms with E-state index in [1.807, 2.05) is 0 Å². The normalized spacial score (nSPS) is 18.1. The number of hydrogen-bond acceptors (Lipinski definition) is 3. The molecule has 1 aliphatic rings. The predicted octanol–water partition coefficient (Wildman–Crippen LogP) is 2.13. The van der Waals surface area contributed by atoms with Crippen LogP contribution in [0.1, 0.15) is 25.0 Å². The summed E-state index contributed by atoms with van der Waals surface area (Å²) in [6.07, 6.45) is 1.26. The first kappa shape index (κ1) is 11.3. The second kappa shape index (κ2) is 4.74. The van der Waals surface area contributed by atoms with Crippen molar-refractivity contribution in [2.75, 3.05) is 13.7 Å². The van der Waals surface area contributed by atoms with Gasteiger partial charge in [0.15, 0.2) is 0 Å². The molecule has 0 amide bonds. The average molecular weight is 221 g/mol. The summed E-state index contributed by atoms with van der Waals surface area (Å²) in [5.41, 5.74) is 2.46. The van der Waals surface area contributed by atoms with E-state index in [2.05, 4.69) is 31.3 Å². The minimum absolute atomic E-state index is 0.280. The fourth-order valence-corrected chi connectivity index (χ4v) is 2.09. The summed E-state index contributed by atoms with van der Waals surface area (Å²) >= 11 is 0. The maximum Gasteiger partial charge on any atom is 0.127 e. The maximum atomic E-state index is 5.84. The fourth-order valence-electron chi connectivity index (χ4n) is 2.09. The Morgan fingerprint density at radius 3 is 3.00 bits per heavy atom. The van der Waals surface area contributed by atoms with Crippen LogP contribution >= 0.6 is 0 Å². The smallest absolute Gasteiger partial charge is 0.127 e. The van der Waals surface area contributed by atoms with Gasteiger partial charge in [0, 0.05) is 24.1 Å².